The summed E-state index contributed by atoms with van der Waals surface area (Å²) < 4.78 is 40.4. The Hall–Kier alpha value is -1.58. The lowest BCUT2D eigenvalue weighted by Gasteiger charge is -2.30. The molecule has 3 rings (SSSR count). The first-order valence-electron chi connectivity index (χ1n) is 8.94. The standard InChI is InChI=1S/C18H24FN3O3S2/c1-18(2,3)27(24,25)22-13-7-4-11(5-8-13)16(23)21-17-20-14-9-6-12(19)10-15(14)26-17/h6,9-11,13,22H,4-5,7-8H2,1-3H3,(H,20,21,23). The zero-order valence-corrected chi connectivity index (χ0v) is 17.2. The topological polar surface area (TPSA) is 88.2 Å². The summed E-state index contributed by atoms with van der Waals surface area (Å²) in [5, 5.41) is 3.27. The zero-order valence-electron chi connectivity index (χ0n) is 15.6. The van der Waals surface area contributed by atoms with Crippen molar-refractivity contribution >= 4 is 42.6 Å². The van der Waals surface area contributed by atoms with Gasteiger partial charge in [-0.2, -0.15) is 0 Å². The molecule has 0 radical (unpaired) electrons. The van der Waals surface area contributed by atoms with Gasteiger partial charge in [0.25, 0.3) is 0 Å². The largest absolute Gasteiger partial charge is 0.302 e. The van der Waals surface area contributed by atoms with Crippen molar-refractivity contribution in [2.75, 3.05) is 5.32 Å². The summed E-state index contributed by atoms with van der Waals surface area (Å²) in [4.78, 5) is 16.8. The van der Waals surface area contributed by atoms with Gasteiger partial charge < -0.3 is 5.32 Å². The molecule has 2 N–H and O–H groups in total. The molecule has 9 heteroatoms. The van der Waals surface area contributed by atoms with E-state index in [9.17, 15) is 17.6 Å². The smallest absolute Gasteiger partial charge is 0.229 e. The van der Waals surface area contributed by atoms with Crippen molar-refractivity contribution in [1.82, 2.24) is 9.71 Å². The van der Waals surface area contributed by atoms with Gasteiger partial charge in [-0.3, -0.25) is 4.79 Å². The van der Waals surface area contributed by atoms with E-state index in [1.54, 1.807) is 26.8 Å². The minimum atomic E-state index is -3.39. The van der Waals surface area contributed by atoms with Crippen molar-refractivity contribution in [2.45, 2.75) is 57.2 Å². The molecule has 0 unspecified atom stereocenters. The van der Waals surface area contributed by atoms with Crippen molar-refractivity contribution in [3.8, 4) is 0 Å². The minimum Gasteiger partial charge on any atom is -0.302 e. The molecule has 0 bridgehead atoms. The number of hydrogen-bond donors (Lipinski definition) is 2. The molecule has 1 heterocycles. The van der Waals surface area contributed by atoms with Crippen LogP contribution in [0.25, 0.3) is 10.2 Å². The van der Waals surface area contributed by atoms with Crippen molar-refractivity contribution in [2.24, 2.45) is 5.92 Å². The van der Waals surface area contributed by atoms with Gasteiger partial charge in [0.05, 0.1) is 15.0 Å². The van der Waals surface area contributed by atoms with Crippen LogP contribution < -0.4 is 10.0 Å². The Labute approximate surface area is 162 Å². The fraction of sp³-hybridized carbons (Fsp3) is 0.556. The Morgan fingerprint density at radius 1 is 1.22 bits per heavy atom. The third-order valence-corrected chi connectivity index (χ3v) is 8.00. The van der Waals surface area contributed by atoms with E-state index in [-0.39, 0.29) is 23.7 Å². The Balaban J connectivity index is 1.56. The number of nitrogens with one attached hydrogen (secondary N) is 2. The highest BCUT2D eigenvalue weighted by Crippen LogP contribution is 2.30. The fourth-order valence-corrected chi connectivity index (χ4v) is 4.95. The Bertz CT molecular complexity index is 942. The van der Waals surface area contributed by atoms with Crippen LogP contribution in [0.5, 0.6) is 0 Å². The monoisotopic (exact) mass is 413 g/mol. The SMILES string of the molecule is CC(C)(C)S(=O)(=O)NC1CCC(C(=O)Nc2nc3ccc(F)cc3s2)CC1. The number of rotatable bonds is 4. The Morgan fingerprint density at radius 2 is 1.89 bits per heavy atom. The number of carbonyl (C=O) groups is 1. The van der Waals surface area contributed by atoms with Crippen LogP contribution in [-0.2, 0) is 14.8 Å². The molecule has 1 saturated carbocycles. The number of benzene rings is 1. The Morgan fingerprint density at radius 3 is 2.52 bits per heavy atom. The summed E-state index contributed by atoms with van der Waals surface area (Å²) in [5.74, 6) is -0.629. The number of halogens is 1. The van der Waals surface area contributed by atoms with Gasteiger partial charge in [-0.1, -0.05) is 11.3 Å². The van der Waals surface area contributed by atoms with Crippen LogP contribution in [0, 0.1) is 11.7 Å². The van der Waals surface area contributed by atoms with Crippen LogP contribution in [0.2, 0.25) is 0 Å². The molecular weight excluding hydrogens is 389 g/mol. The first-order chi connectivity index (χ1) is 12.5. The van der Waals surface area contributed by atoms with Crippen LogP contribution in [0.4, 0.5) is 9.52 Å². The van der Waals surface area contributed by atoms with Crippen LogP contribution in [-0.4, -0.2) is 30.1 Å². The number of nitrogens with zero attached hydrogens (tertiary/aromatic N) is 1. The molecule has 1 aromatic carbocycles. The predicted molar refractivity (Wildman–Crippen MR) is 106 cm³/mol. The van der Waals surface area contributed by atoms with E-state index < -0.39 is 14.8 Å². The fourth-order valence-electron chi connectivity index (χ4n) is 3.03. The van der Waals surface area contributed by atoms with E-state index in [1.165, 1.54) is 23.5 Å². The molecule has 1 aliphatic rings. The number of thiazole rings is 1. The lowest BCUT2D eigenvalue weighted by Crippen LogP contribution is -2.46. The van der Waals surface area contributed by atoms with Crippen LogP contribution in [0.1, 0.15) is 46.5 Å². The van der Waals surface area contributed by atoms with Crippen LogP contribution in [0.3, 0.4) is 0 Å². The van der Waals surface area contributed by atoms with E-state index in [4.69, 9.17) is 0 Å². The van der Waals surface area contributed by atoms with Gasteiger partial charge in [-0.25, -0.2) is 22.5 Å². The summed E-state index contributed by atoms with van der Waals surface area (Å²) in [7, 11) is -3.39. The van der Waals surface area contributed by atoms with Gasteiger partial charge in [-0.05, 0) is 64.7 Å². The molecule has 1 aromatic heterocycles. The van der Waals surface area contributed by atoms with Crippen molar-refractivity contribution < 1.29 is 17.6 Å². The average molecular weight is 414 g/mol. The molecule has 2 aromatic rings. The maximum atomic E-state index is 13.3. The van der Waals surface area contributed by atoms with Gasteiger partial charge in [0.2, 0.25) is 15.9 Å². The number of hydrogen-bond acceptors (Lipinski definition) is 5. The first-order valence-corrected chi connectivity index (χ1v) is 11.2. The van der Waals surface area contributed by atoms with Crippen LogP contribution >= 0.6 is 11.3 Å². The molecule has 0 spiro atoms. The average Bonchev–Trinajstić information content (AvgIpc) is 2.95. The molecule has 6 nitrogen and oxygen atoms in total. The van der Waals surface area contributed by atoms with Gasteiger partial charge in [-0.15, -0.1) is 0 Å². The molecule has 0 saturated heterocycles. The van der Waals surface area contributed by atoms with Crippen molar-refractivity contribution in [1.29, 1.82) is 0 Å². The lowest BCUT2D eigenvalue weighted by molar-refractivity contribution is -0.120. The lowest BCUT2D eigenvalue weighted by atomic mass is 9.86. The Kier molecular flexibility index (Phi) is 5.56. The number of amides is 1. The number of anilines is 1. The molecule has 148 valence electrons. The van der Waals surface area contributed by atoms with E-state index in [0.717, 1.165) is 0 Å². The zero-order chi connectivity index (χ0) is 19.8. The molecule has 0 atom stereocenters. The highest BCUT2D eigenvalue weighted by Gasteiger charge is 2.34. The first kappa shape index (κ1) is 20.2. The molecule has 0 aliphatic heterocycles. The highest BCUT2D eigenvalue weighted by molar-refractivity contribution is 7.90. The second-order valence-electron chi connectivity index (χ2n) is 7.90. The third-order valence-electron chi connectivity index (χ3n) is 4.81. The molecular formula is C18H24FN3O3S2. The van der Waals surface area contributed by atoms with Crippen molar-refractivity contribution in [3.63, 3.8) is 0 Å². The third kappa shape index (κ3) is 4.64. The van der Waals surface area contributed by atoms with Gasteiger partial charge in [0.15, 0.2) is 5.13 Å². The second kappa shape index (κ2) is 7.44. The van der Waals surface area contributed by atoms with Crippen LogP contribution in [0.15, 0.2) is 18.2 Å². The maximum Gasteiger partial charge on any atom is 0.229 e. The van der Waals surface area contributed by atoms with Gasteiger partial charge in [0, 0.05) is 12.0 Å². The minimum absolute atomic E-state index is 0.119. The maximum absolute atomic E-state index is 13.3. The van der Waals surface area contributed by atoms with E-state index in [0.29, 0.717) is 41.0 Å². The number of carbonyl (C=O) groups excluding carboxylic acids is 1. The highest BCUT2D eigenvalue weighted by atomic mass is 32.2. The summed E-state index contributed by atoms with van der Waals surface area (Å²) >= 11 is 1.24. The molecule has 1 fully saturated rings. The molecule has 1 aliphatic carbocycles. The van der Waals surface area contributed by atoms with E-state index in [1.807, 2.05) is 0 Å². The number of fused-ring (bicyclic) bond motifs is 1. The summed E-state index contributed by atoms with van der Waals surface area (Å²) in [6, 6.07) is 4.19. The summed E-state index contributed by atoms with van der Waals surface area (Å²) in [6.07, 6.45) is 2.47. The van der Waals surface area contributed by atoms with E-state index >= 15 is 0 Å². The number of sulfonamides is 1. The summed E-state index contributed by atoms with van der Waals surface area (Å²) in [6.45, 7) is 4.99. The quantitative estimate of drug-likeness (QED) is 0.801. The van der Waals surface area contributed by atoms with Gasteiger partial charge >= 0.3 is 0 Å². The molecule has 1 amide bonds. The number of aromatic nitrogens is 1. The second-order valence-corrected chi connectivity index (χ2v) is 11.4. The summed E-state index contributed by atoms with van der Waals surface area (Å²) in [5.41, 5.74) is 0.650. The van der Waals surface area contributed by atoms with Gasteiger partial charge in [0.1, 0.15) is 5.82 Å². The molecule has 27 heavy (non-hydrogen) atoms. The van der Waals surface area contributed by atoms with E-state index in [2.05, 4.69) is 15.0 Å². The normalized spacial score (nSPS) is 21.3. The predicted octanol–water partition coefficient (Wildman–Crippen LogP) is 3.65. The van der Waals surface area contributed by atoms with Crippen molar-refractivity contribution in [3.05, 3.63) is 24.0 Å².